The number of rotatable bonds is 24. The standard InChI is InChI=1S/C42H50F8N2O11S3/c1-40(18-8-4-7-17-32(53)54)30(51(20-10-13-23-65(58,59)60)29-26-27(43)25-28(33(29)40)42(48,49)50)15-5-3-6-16-31-41(2,19-9-12-22-64(55,56)57)34-35(44)36(45)37(46)38(47)39(34)52(31)21-11-14-24-66(61,62)63/h3,5-6,15-16,25-26H,4,7-14,17-24H2,1-2H3,(H3-,53,54,55,56,57,58,59,60,61,62,63)/p+1. The Morgan fingerprint density at radius 3 is 1.80 bits per heavy atom. The lowest BCUT2D eigenvalue weighted by Crippen LogP contribution is -2.32. The molecule has 13 nitrogen and oxygen atoms in total. The molecule has 0 amide bonds. The number of halogens is 8. The summed E-state index contributed by atoms with van der Waals surface area (Å²) in [7, 11) is -13.3. The average molecular weight is 1010 g/mol. The monoisotopic (exact) mass is 1010 g/mol. The highest BCUT2D eigenvalue weighted by Crippen LogP contribution is 2.55. The Morgan fingerprint density at radius 1 is 0.682 bits per heavy atom. The lowest BCUT2D eigenvalue weighted by molar-refractivity contribution is -0.440. The number of unbranched alkanes of at least 4 members (excludes halogenated alkanes) is 5. The number of hydrogen-bond acceptors (Lipinski definition) is 8. The van der Waals surface area contributed by atoms with Crippen molar-refractivity contribution in [1.82, 2.24) is 0 Å². The molecule has 0 aliphatic carbocycles. The predicted molar refractivity (Wildman–Crippen MR) is 228 cm³/mol. The van der Waals surface area contributed by atoms with E-state index < -0.39 is 116 Å². The van der Waals surface area contributed by atoms with Crippen LogP contribution < -0.4 is 4.90 Å². The lowest BCUT2D eigenvalue weighted by Gasteiger charge is -2.31. The van der Waals surface area contributed by atoms with Crippen molar-refractivity contribution in [3.8, 4) is 0 Å². The van der Waals surface area contributed by atoms with Crippen LogP contribution in [0.4, 0.5) is 46.5 Å². The van der Waals surface area contributed by atoms with E-state index in [9.17, 15) is 65.7 Å². The highest BCUT2D eigenvalue weighted by molar-refractivity contribution is 7.86. The SMILES string of the molecule is CC1(CCCCS(=O)(=O)O)C(/C=C/C=C/C=C2/N(CCCCS(=O)(=O)O)c3cc(F)cc(C(F)(F)F)c3C2(C)CCCCCC(=O)O)=[N+](CCCCS(=O)(=O)O)c2c(F)c(F)c(F)c(F)c21. The van der Waals surface area contributed by atoms with E-state index in [1.165, 1.54) is 49.1 Å². The third-order valence-electron chi connectivity index (χ3n) is 11.7. The zero-order valence-electron chi connectivity index (χ0n) is 35.9. The lowest BCUT2D eigenvalue weighted by atomic mass is 9.74. The highest BCUT2D eigenvalue weighted by Gasteiger charge is 2.53. The van der Waals surface area contributed by atoms with Crippen molar-refractivity contribution in [2.75, 3.05) is 35.2 Å². The second kappa shape index (κ2) is 21.4. The minimum Gasteiger partial charge on any atom is -0.481 e. The normalized spacial score (nSPS) is 19.8. The number of carbonyl (C=O) groups is 1. The molecule has 2 atom stereocenters. The molecule has 4 rings (SSSR count). The van der Waals surface area contributed by atoms with Gasteiger partial charge in [0.05, 0.1) is 33.8 Å². The topological polar surface area (TPSA) is 207 Å². The molecule has 0 fully saturated rings. The van der Waals surface area contributed by atoms with E-state index in [-0.39, 0.29) is 113 Å². The molecule has 24 heteroatoms. The summed E-state index contributed by atoms with van der Waals surface area (Å²) in [6, 6.07) is 1.26. The molecule has 368 valence electrons. The second-order valence-electron chi connectivity index (χ2n) is 16.7. The Labute approximate surface area is 377 Å². The molecular weight excluding hydrogens is 957 g/mol. The average Bonchev–Trinajstić information content (AvgIpc) is 3.56. The molecule has 0 saturated heterocycles. The van der Waals surface area contributed by atoms with E-state index in [4.69, 9.17) is 5.11 Å². The Morgan fingerprint density at radius 2 is 1.23 bits per heavy atom. The van der Waals surface area contributed by atoms with Gasteiger partial charge >= 0.3 is 12.1 Å². The van der Waals surface area contributed by atoms with E-state index in [0.717, 1.165) is 10.6 Å². The van der Waals surface area contributed by atoms with Gasteiger partial charge in [0.2, 0.25) is 11.6 Å². The van der Waals surface area contributed by atoms with Crippen molar-refractivity contribution in [2.45, 2.75) is 108 Å². The Balaban J connectivity index is 1.89. The number of hydrogen-bond donors (Lipinski definition) is 4. The molecule has 0 radical (unpaired) electrons. The molecule has 0 saturated carbocycles. The summed E-state index contributed by atoms with van der Waals surface area (Å²) in [6.07, 6.45) is 1.10. The molecule has 0 aromatic heterocycles. The number of allylic oxidation sites excluding steroid dienone is 6. The number of alkyl halides is 3. The van der Waals surface area contributed by atoms with Crippen LogP contribution in [-0.4, -0.2) is 90.6 Å². The summed E-state index contributed by atoms with van der Waals surface area (Å²) in [6.45, 7) is 2.34. The van der Waals surface area contributed by atoms with Gasteiger partial charge in [-0.15, -0.1) is 0 Å². The first-order chi connectivity index (χ1) is 30.4. The Kier molecular flexibility index (Phi) is 17.6. The molecule has 2 aliphatic heterocycles. The zero-order valence-corrected chi connectivity index (χ0v) is 38.3. The fourth-order valence-corrected chi connectivity index (χ4v) is 10.5. The first-order valence-electron chi connectivity index (χ1n) is 20.8. The van der Waals surface area contributed by atoms with Gasteiger partial charge in [-0.25, -0.2) is 17.6 Å². The molecule has 2 aromatic carbocycles. The first-order valence-corrected chi connectivity index (χ1v) is 25.6. The maximum absolute atomic E-state index is 15.8. The van der Waals surface area contributed by atoms with Gasteiger partial charge < -0.3 is 10.0 Å². The molecule has 4 N–H and O–H groups in total. The summed E-state index contributed by atoms with van der Waals surface area (Å²) >= 11 is 0. The van der Waals surface area contributed by atoms with E-state index in [1.54, 1.807) is 0 Å². The van der Waals surface area contributed by atoms with E-state index in [0.29, 0.717) is 6.07 Å². The fourth-order valence-electron chi connectivity index (χ4n) is 8.78. The van der Waals surface area contributed by atoms with Crippen LogP contribution in [0, 0.1) is 29.1 Å². The molecule has 0 spiro atoms. The van der Waals surface area contributed by atoms with Gasteiger partial charge in [-0.3, -0.25) is 18.5 Å². The summed E-state index contributed by atoms with van der Waals surface area (Å²) in [5.41, 5.74) is -6.23. The first kappa shape index (κ1) is 54.4. The summed E-state index contributed by atoms with van der Waals surface area (Å²) < 4.78 is 218. The van der Waals surface area contributed by atoms with Crippen molar-refractivity contribution in [3.63, 3.8) is 0 Å². The second-order valence-corrected chi connectivity index (χ2v) is 21.4. The van der Waals surface area contributed by atoms with Gasteiger partial charge in [0, 0.05) is 42.3 Å². The Bertz CT molecular complexity index is 2640. The smallest absolute Gasteiger partial charge is 0.416 e. The summed E-state index contributed by atoms with van der Waals surface area (Å²) in [5.74, 6) is -12.3. The number of benzene rings is 2. The van der Waals surface area contributed by atoms with Gasteiger partial charge in [-0.2, -0.15) is 47.4 Å². The van der Waals surface area contributed by atoms with Crippen LogP contribution in [-0.2, 0) is 52.2 Å². The van der Waals surface area contributed by atoms with Crippen LogP contribution in [0.1, 0.15) is 108 Å². The van der Waals surface area contributed by atoms with Crippen molar-refractivity contribution in [3.05, 3.63) is 94.0 Å². The van der Waals surface area contributed by atoms with Crippen molar-refractivity contribution in [1.29, 1.82) is 0 Å². The quantitative estimate of drug-likeness (QED) is 0.0148. The number of carboxylic acids is 1. The van der Waals surface area contributed by atoms with Gasteiger partial charge in [0.1, 0.15) is 12.4 Å². The molecule has 2 aromatic rings. The minimum atomic E-state index is -5.06. The number of aliphatic carboxylic acids is 1. The predicted octanol–water partition coefficient (Wildman–Crippen LogP) is 8.96. The van der Waals surface area contributed by atoms with Crippen LogP contribution >= 0.6 is 0 Å². The van der Waals surface area contributed by atoms with E-state index >= 15 is 13.2 Å². The van der Waals surface area contributed by atoms with Crippen LogP contribution in [0.3, 0.4) is 0 Å². The molecular formula is C42H51F8N2O11S3+. The molecule has 0 bridgehead atoms. The van der Waals surface area contributed by atoms with E-state index in [1.807, 2.05) is 0 Å². The van der Waals surface area contributed by atoms with Crippen LogP contribution in [0.2, 0.25) is 0 Å². The number of carboxylic acid groups (broad SMARTS) is 1. The molecule has 2 aliphatic rings. The number of anilines is 1. The highest BCUT2D eigenvalue weighted by atomic mass is 32.2. The van der Waals surface area contributed by atoms with Crippen LogP contribution in [0.25, 0.3) is 0 Å². The third kappa shape index (κ3) is 13.5. The van der Waals surface area contributed by atoms with Gasteiger partial charge in [-0.05, 0) is 82.6 Å². The van der Waals surface area contributed by atoms with Crippen molar-refractivity contribution < 1.29 is 88.5 Å². The van der Waals surface area contributed by atoms with Gasteiger partial charge in [-0.1, -0.05) is 37.5 Å². The minimum absolute atomic E-state index is 0.00568. The number of nitrogens with zero attached hydrogens (tertiary/aromatic N) is 2. The van der Waals surface area contributed by atoms with Gasteiger partial charge in [0.25, 0.3) is 36.0 Å². The zero-order chi connectivity index (χ0) is 49.6. The number of fused-ring (bicyclic) bond motifs is 2. The van der Waals surface area contributed by atoms with Crippen molar-refractivity contribution in [2.24, 2.45) is 0 Å². The van der Waals surface area contributed by atoms with Crippen molar-refractivity contribution >= 4 is 53.4 Å². The fraction of sp³-hybridized carbons (Fsp3) is 0.524. The van der Waals surface area contributed by atoms with Crippen LogP contribution in [0.5, 0.6) is 0 Å². The molecule has 2 unspecified atom stereocenters. The van der Waals surface area contributed by atoms with Gasteiger partial charge in [0.15, 0.2) is 17.3 Å². The largest absolute Gasteiger partial charge is 0.481 e. The Hall–Kier alpha value is -4.23. The maximum Gasteiger partial charge on any atom is 0.416 e. The summed E-state index contributed by atoms with van der Waals surface area (Å²) in [4.78, 5) is 12.5. The molecule has 66 heavy (non-hydrogen) atoms. The molecule has 2 heterocycles. The summed E-state index contributed by atoms with van der Waals surface area (Å²) in [5, 5.41) is 9.12. The van der Waals surface area contributed by atoms with E-state index in [2.05, 4.69) is 0 Å². The third-order valence-corrected chi connectivity index (χ3v) is 14.1. The maximum atomic E-state index is 15.8. The van der Waals surface area contributed by atoms with Crippen LogP contribution in [0.15, 0.2) is 48.2 Å².